The maximum atomic E-state index is 10.8. The van der Waals surface area contributed by atoms with E-state index in [1.807, 2.05) is 24.3 Å². The molecule has 1 heterocycles. The first-order valence-electron chi connectivity index (χ1n) is 7.68. The number of anilines is 1. The van der Waals surface area contributed by atoms with Gasteiger partial charge in [-0.05, 0) is 23.8 Å². The highest BCUT2D eigenvalue weighted by Gasteiger charge is 2.16. The zero-order valence-corrected chi connectivity index (χ0v) is 14.0. The van der Waals surface area contributed by atoms with Gasteiger partial charge >= 0.3 is 0 Å². The molecule has 130 valence electrons. The first-order valence-corrected chi connectivity index (χ1v) is 8.06. The number of nitro groups is 1. The summed E-state index contributed by atoms with van der Waals surface area (Å²) < 4.78 is 5.34. The van der Waals surface area contributed by atoms with Crippen LogP contribution in [0.2, 0.25) is 5.02 Å². The van der Waals surface area contributed by atoms with E-state index in [0.717, 1.165) is 43.6 Å². The summed E-state index contributed by atoms with van der Waals surface area (Å²) in [7, 11) is 0. The fourth-order valence-corrected chi connectivity index (χ4v) is 2.75. The van der Waals surface area contributed by atoms with Gasteiger partial charge in [-0.2, -0.15) is 0 Å². The van der Waals surface area contributed by atoms with Crippen molar-refractivity contribution in [3.05, 3.63) is 57.1 Å². The van der Waals surface area contributed by atoms with Gasteiger partial charge in [-0.3, -0.25) is 15.1 Å². The number of aliphatic imine (C=N–C) groups is 1. The topological polar surface area (TPSA) is 88.2 Å². The number of benzene rings is 2. The van der Waals surface area contributed by atoms with E-state index in [1.54, 1.807) is 6.21 Å². The van der Waals surface area contributed by atoms with Gasteiger partial charge in [-0.25, -0.2) is 0 Å². The zero-order chi connectivity index (χ0) is 17.8. The third kappa shape index (κ3) is 4.07. The Morgan fingerprint density at radius 1 is 1.24 bits per heavy atom. The second-order valence-corrected chi connectivity index (χ2v) is 5.91. The summed E-state index contributed by atoms with van der Waals surface area (Å²) >= 11 is 5.84. The van der Waals surface area contributed by atoms with Crippen LogP contribution in [0, 0.1) is 10.1 Å². The minimum atomic E-state index is -0.653. The van der Waals surface area contributed by atoms with Crippen molar-refractivity contribution in [1.29, 1.82) is 0 Å². The summed E-state index contributed by atoms with van der Waals surface area (Å²) in [5, 5.41) is 20.6. The Hall–Kier alpha value is -2.64. The van der Waals surface area contributed by atoms with Gasteiger partial charge in [0.05, 0.1) is 24.2 Å². The summed E-state index contributed by atoms with van der Waals surface area (Å²) in [5.74, 6) is -0.294. The number of hydrogen-bond donors (Lipinski definition) is 1. The Balaban J connectivity index is 1.75. The van der Waals surface area contributed by atoms with Gasteiger partial charge in [0.1, 0.15) is 16.5 Å². The molecule has 0 radical (unpaired) electrons. The van der Waals surface area contributed by atoms with Gasteiger partial charge in [0.2, 0.25) is 0 Å². The lowest BCUT2D eigenvalue weighted by atomic mass is 10.2. The van der Waals surface area contributed by atoms with Crippen molar-refractivity contribution in [2.45, 2.75) is 0 Å². The van der Waals surface area contributed by atoms with E-state index in [0.29, 0.717) is 0 Å². The average Bonchev–Trinajstić information content (AvgIpc) is 2.63. The van der Waals surface area contributed by atoms with Crippen molar-refractivity contribution in [2.75, 3.05) is 31.2 Å². The molecule has 1 aliphatic heterocycles. The molecule has 0 aliphatic carbocycles. The Bertz CT molecular complexity index is 802. The SMILES string of the molecule is O=[N+]([O-])c1cc(O)c(N=Cc2ccc(N3CCOCC3)cc2)cc1Cl. The molecule has 0 unspecified atom stereocenters. The third-order valence-electron chi connectivity index (χ3n) is 3.86. The zero-order valence-electron chi connectivity index (χ0n) is 13.3. The largest absolute Gasteiger partial charge is 0.505 e. The minimum absolute atomic E-state index is 0.0717. The van der Waals surface area contributed by atoms with Crippen LogP contribution in [0.1, 0.15) is 5.56 Å². The Morgan fingerprint density at radius 2 is 1.92 bits per heavy atom. The highest BCUT2D eigenvalue weighted by atomic mass is 35.5. The highest BCUT2D eigenvalue weighted by molar-refractivity contribution is 6.33. The smallest absolute Gasteiger partial charge is 0.291 e. The molecular weight excluding hydrogens is 346 g/mol. The molecule has 0 amide bonds. The van der Waals surface area contributed by atoms with Gasteiger partial charge in [0.25, 0.3) is 5.69 Å². The van der Waals surface area contributed by atoms with Crippen LogP contribution in [0.5, 0.6) is 5.75 Å². The van der Waals surface area contributed by atoms with Crippen LogP contribution in [0.15, 0.2) is 41.4 Å². The molecular formula is C17H16ClN3O4. The standard InChI is InChI=1S/C17H16ClN3O4/c18-14-9-15(17(22)10-16(14)21(23)24)19-11-12-1-3-13(4-2-12)20-5-7-25-8-6-20/h1-4,9-11,22H,5-8H2. The first-order chi connectivity index (χ1) is 12.0. The van der Waals surface area contributed by atoms with Gasteiger partial charge in [-0.15, -0.1) is 0 Å². The summed E-state index contributed by atoms with van der Waals surface area (Å²) in [6.45, 7) is 3.18. The molecule has 0 aromatic heterocycles. The number of halogens is 1. The normalized spacial score (nSPS) is 14.8. The number of rotatable bonds is 4. The van der Waals surface area contributed by atoms with Crippen LogP contribution in [-0.4, -0.2) is 42.5 Å². The number of hydrogen-bond acceptors (Lipinski definition) is 6. The van der Waals surface area contributed by atoms with Crippen molar-refractivity contribution in [3.8, 4) is 5.75 Å². The molecule has 1 aliphatic rings. The summed E-state index contributed by atoms with van der Waals surface area (Å²) in [4.78, 5) is 16.5. The molecule has 0 atom stereocenters. The van der Waals surface area contributed by atoms with Gasteiger partial charge in [0.15, 0.2) is 0 Å². The molecule has 0 spiro atoms. The van der Waals surface area contributed by atoms with Crippen LogP contribution in [0.4, 0.5) is 17.1 Å². The Morgan fingerprint density at radius 3 is 2.56 bits per heavy atom. The van der Waals surface area contributed by atoms with Gasteiger partial charge < -0.3 is 14.7 Å². The monoisotopic (exact) mass is 361 g/mol. The number of nitrogens with zero attached hydrogens (tertiary/aromatic N) is 3. The summed E-state index contributed by atoms with van der Waals surface area (Å²) in [5.41, 5.74) is 1.77. The van der Waals surface area contributed by atoms with Crippen molar-refractivity contribution < 1.29 is 14.8 Å². The first kappa shape index (κ1) is 17.2. The molecule has 25 heavy (non-hydrogen) atoms. The average molecular weight is 362 g/mol. The van der Waals surface area contributed by atoms with Crippen LogP contribution in [0.25, 0.3) is 0 Å². The number of aromatic hydroxyl groups is 1. The summed E-state index contributed by atoms with van der Waals surface area (Å²) in [6, 6.07) is 10.1. The summed E-state index contributed by atoms with van der Waals surface area (Å²) in [6.07, 6.45) is 1.57. The van der Waals surface area contributed by atoms with E-state index < -0.39 is 4.92 Å². The fourth-order valence-electron chi connectivity index (χ4n) is 2.52. The van der Waals surface area contributed by atoms with Crippen LogP contribution in [-0.2, 0) is 4.74 Å². The molecule has 1 N–H and O–H groups in total. The maximum Gasteiger partial charge on any atom is 0.291 e. The number of nitro benzene ring substituents is 1. The predicted octanol–water partition coefficient (Wildman–Crippen LogP) is 3.54. The molecule has 0 bridgehead atoms. The van der Waals surface area contributed by atoms with Crippen LogP contribution in [0.3, 0.4) is 0 Å². The van der Waals surface area contributed by atoms with Gasteiger partial charge in [0, 0.05) is 25.0 Å². The molecule has 0 saturated carbocycles. The molecule has 2 aromatic rings. The molecule has 3 rings (SSSR count). The fraction of sp³-hybridized carbons (Fsp3) is 0.235. The lowest BCUT2D eigenvalue weighted by molar-refractivity contribution is -0.384. The molecule has 2 aromatic carbocycles. The minimum Gasteiger partial charge on any atom is -0.505 e. The van der Waals surface area contributed by atoms with E-state index in [9.17, 15) is 15.2 Å². The molecule has 8 heteroatoms. The van der Waals surface area contributed by atoms with E-state index in [4.69, 9.17) is 16.3 Å². The quantitative estimate of drug-likeness (QED) is 0.511. The van der Waals surface area contributed by atoms with Crippen molar-refractivity contribution >= 4 is 34.9 Å². The van der Waals surface area contributed by atoms with Crippen LogP contribution >= 0.6 is 11.6 Å². The Kier molecular flexibility index (Phi) is 5.16. The highest BCUT2D eigenvalue weighted by Crippen LogP contribution is 2.36. The molecule has 1 fully saturated rings. The van der Waals surface area contributed by atoms with Crippen molar-refractivity contribution in [2.24, 2.45) is 4.99 Å². The van der Waals surface area contributed by atoms with E-state index in [2.05, 4.69) is 9.89 Å². The number of phenols is 1. The van der Waals surface area contributed by atoms with E-state index in [1.165, 1.54) is 6.07 Å². The third-order valence-corrected chi connectivity index (χ3v) is 4.17. The van der Waals surface area contributed by atoms with E-state index >= 15 is 0 Å². The van der Waals surface area contributed by atoms with Crippen LogP contribution < -0.4 is 4.90 Å². The number of morpholine rings is 1. The lowest BCUT2D eigenvalue weighted by Crippen LogP contribution is -2.36. The second-order valence-electron chi connectivity index (χ2n) is 5.50. The second kappa shape index (κ2) is 7.50. The lowest BCUT2D eigenvalue weighted by Gasteiger charge is -2.28. The predicted molar refractivity (Wildman–Crippen MR) is 96.5 cm³/mol. The van der Waals surface area contributed by atoms with Crippen molar-refractivity contribution in [1.82, 2.24) is 0 Å². The number of ether oxygens (including phenoxy) is 1. The van der Waals surface area contributed by atoms with Gasteiger partial charge in [-0.1, -0.05) is 23.7 Å². The molecule has 1 saturated heterocycles. The Labute approximate surface area is 149 Å². The van der Waals surface area contributed by atoms with E-state index in [-0.39, 0.29) is 22.1 Å². The number of phenolic OH excluding ortho intramolecular Hbond substituents is 1. The maximum absolute atomic E-state index is 10.8. The van der Waals surface area contributed by atoms with Crippen molar-refractivity contribution in [3.63, 3.8) is 0 Å². The molecule has 7 nitrogen and oxygen atoms in total.